The molecule has 0 unspecified atom stereocenters. The van der Waals surface area contributed by atoms with E-state index in [-0.39, 0.29) is 12.1 Å². The van der Waals surface area contributed by atoms with Gasteiger partial charge in [-0.25, -0.2) is 4.39 Å². The fourth-order valence-corrected chi connectivity index (χ4v) is 2.17. The first-order valence-electron chi connectivity index (χ1n) is 6.42. The molecular formula is C16H13BrFNO3. The van der Waals surface area contributed by atoms with Crippen molar-refractivity contribution in [3.63, 3.8) is 0 Å². The first-order chi connectivity index (χ1) is 10.5. The Kier molecular flexibility index (Phi) is 5.27. The monoisotopic (exact) mass is 365 g/mol. The minimum absolute atomic E-state index is 0.159. The number of methoxy groups -OCH3 is 1. The van der Waals surface area contributed by atoms with Crippen molar-refractivity contribution >= 4 is 27.8 Å². The minimum atomic E-state index is -0.574. The largest absolute Gasteiger partial charge is 0.468 e. The SMILES string of the molecule is COC(=O)CNC(=O)c1cc(F)ccc1-c1ccc(Br)cc1. The summed E-state index contributed by atoms with van der Waals surface area (Å²) >= 11 is 3.34. The third kappa shape index (κ3) is 3.92. The van der Waals surface area contributed by atoms with Gasteiger partial charge in [-0.1, -0.05) is 34.1 Å². The second-order valence-corrected chi connectivity index (χ2v) is 5.37. The van der Waals surface area contributed by atoms with Crippen molar-refractivity contribution in [3.05, 3.63) is 58.3 Å². The van der Waals surface area contributed by atoms with Crippen molar-refractivity contribution in [2.45, 2.75) is 0 Å². The van der Waals surface area contributed by atoms with Gasteiger partial charge < -0.3 is 10.1 Å². The number of amides is 1. The summed E-state index contributed by atoms with van der Waals surface area (Å²) in [7, 11) is 1.23. The molecule has 2 rings (SSSR count). The summed E-state index contributed by atoms with van der Waals surface area (Å²) in [5, 5.41) is 2.41. The second-order valence-electron chi connectivity index (χ2n) is 4.46. The van der Waals surface area contributed by atoms with Gasteiger partial charge in [-0.3, -0.25) is 9.59 Å². The van der Waals surface area contributed by atoms with Crippen LogP contribution in [0.15, 0.2) is 46.9 Å². The minimum Gasteiger partial charge on any atom is -0.468 e. The summed E-state index contributed by atoms with van der Waals surface area (Å²) in [5.74, 6) is -1.64. The van der Waals surface area contributed by atoms with Crippen LogP contribution in [0.1, 0.15) is 10.4 Å². The second kappa shape index (κ2) is 7.17. The Balaban J connectivity index is 2.33. The Morgan fingerprint density at radius 2 is 1.86 bits per heavy atom. The number of benzene rings is 2. The Morgan fingerprint density at radius 1 is 1.18 bits per heavy atom. The summed E-state index contributed by atoms with van der Waals surface area (Å²) in [5.41, 5.74) is 1.51. The average Bonchev–Trinajstić information content (AvgIpc) is 2.53. The molecule has 0 fully saturated rings. The van der Waals surface area contributed by atoms with E-state index >= 15 is 0 Å². The molecule has 2 aromatic rings. The van der Waals surface area contributed by atoms with Gasteiger partial charge in [-0.15, -0.1) is 0 Å². The average molecular weight is 366 g/mol. The zero-order valence-electron chi connectivity index (χ0n) is 11.7. The molecule has 0 aliphatic carbocycles. The normalized spacial score (nSPS) is 10.1. The molecule has 2 aromatic carbocycles. The number of carbonyl (C=O) groups is 2. The van der Waals surface area contributed by atoms with Gasteiger partial charge in [-0.05, 0) is 35.4 Å². The molecule has 0 aliphatic rings. The molecule has 114 valence electrons. The Bertz CT molecular complexity index is 701. The van der Waals surface area contributed by atoms with E-state index in [4.69, 9.17) is 0 Å². The highest BCUT2D eigenvalue weighted by atomic mass is 79.9. The van der Waals surface area contributed by atoms with Crippen LogP contribution >= 0.6 is 15.9 Å². The molecule has 0 spiro atoms. The predicted molar refractivity (Wildman–Crippen MR) is 83.9 cm³/mol. The first-order valence-corrected chi connectivity index (χ1v) is 7.21. The van der Waals surface area contributed by atoms with E-state index in [0.29, 0.717) is 5.56 Å². The van der Waals surface area contributed by atoms with Crippen molar-refractivity contribution in [3.8, 4) is 11.1 Å². The van der Waals surface area contributed by atoms with Gasteiger partial charge in [0, 0.05) is 4.47 Å². The lowest BCUT2D eigenvalue weighted by atomic mass is 9.99. The van der Waals surface area contributed by atoms with E-state index < -0.39 is 17.7 Å². The number of nitrogens with one attached hydrogen (secondary N) is 1. The van der Waals surface area contributed by atoms with Crippen LogP contribution in [0.2, 0.25) is 0 Å². The molecule has 0 bridgehead atoms. The number of halogens is 2. The molecule has 1 amide bonds. The lowest BCUT2D eigenvalue weighted by Crippen LogP contribution is -2.30. The smallest absolute Gasteiger partial charge is 0.325 e. The van der Waals surface area contributed by atoms with Crippen LogP contribution in [0.3, 0.4) is 0 Å². The van der Waals surface area contributed by atoms with E-state index in [9.17, 15) is 14.0 Å². The number of rotatable bonds is 4. The molecule has 0 saturated heterocycles. The summed E-state index contributed by atoms with van der Waals surface area (Å²) < 4.78 is 18.8. The summed E-state index contributed by atoms with van der Waals surface area (Å²) in [6.07, 6.45) is 0. The van der Waals surface area contributed by atoms with Crippen LogP contribution in [0.4, 0.5) is 4.39 Å². The van der Waals surface area contributed by atoms with Gasteiger partial charge >= 0.3 is 5.97 Å². The molecule has 0 saturated carbocycles. The molecule has 0 atom stereocenters. The van der Waals surface area contributed by atoms with E-state index in [1.807, 2.05) is 24.3 Å². The fraction of sp³-hybridized carbons (Fsp3) is 0.125. The quantitative estimate of drug-likeness (QED) is 0.846. The van der Waals surface area contributed by atoms with Crippen LogP contribution in [0.5, 0.6) is 0 Å². The van der Waals surface area contributed by atoms with E-state index in [1.165, 1.54) is 19.2 Å². The van der Waals surface area contributed by atoms with Crippen LogP contribution in [0.25, 0.3) is 11.1 Å². The third-order valence-corrected chi connectivity index (χ3v) is 3.53. The maximum absolute atomic E-state index is 13.5. The van der Waals surface area contributed by atoms with Gasteiger partial charge in [-0.2, -0.15) is 0 Å². The molecule has 0 aromatic heterocycles. The number of carbonyl (C=O) groups excluding carboxylic acids is 2. The van der Waals surface area contributed by atoms with Crippen molar-refractivity contribution < 1.29 is 18.7 Å². The van der Waals surface area contributed by atoms with E-state index in [0.717, 1.165) is 16.1 Å². The van der Waals surface area contributed by atoms with Crippen molar-refractivity contribution in [2.24, 2.45) is 0 Å². The van der Waals surface area contributed by atoms with Gasteiger partial charge in [0.1, 0.15) is 12.4 Å². The van der Waals surface area contributed by atoms with E-state index in [1.54, 1.807) is 0 Å². The maximum Gasteiger partial charge on any atom is 0.325 e. The first kappa shape index (κ1) is 16.2. The highest BCUT2D eigenvalue weighted by Crippen LogP contribution is 2.26. The number of hydrogen-bond acceptors (Lipinski definition) is 3. The standard InChI is InChI=1S/C16H13BrFNO3/c1-22-15(20)9-19-16(21)14-8-12(18)6-7-13(14)10-2-4-11(17)5-3-10/h2-8H,9H2,1H3,(H,19,21). The van der Waals surface area contributed by atoms with Crippen LogP contribution in [-0.2, 0) is 9.53 Å². The summed E-state index contributed by atoms with van der Waals surface area (Å²) in [4.78, 5) is 23.3. The molecule has 22 heavy (non-hydrogen) atoms. The maximum atomic E-state index is 13.5. The molecule has 1 N–H and O–H groups in total. The van der Waals surface area contributed by atoms with Gasteiger partial charge in [0.2, 0.25) is 0 Å². The summed E-state index contributed by atoms with van der Waals surface area (Å²) in [6.45, 7) is -0.272. The number of ether oxygens (including phenoxy) is 1. The Labute approximate surface area is 135 Å². The number of hydrogen-bond donors (Lipinski definition) is 1. The van der Waals surface area contributed by atoms with Crippen molar-refractivity contribution in [2.75, 3.05) is 13.7 Å². The highest BCUT2D eigenvalue weighted by Gasteiger charge is 2.15. The molecular weight excluding hydrogens is 353 g/mol. The topological polar surface area (TPSA) is 55.4 Å². The molecule has 0 radical (unpaired) electrons. The highest BCUT2D eigenvalue weighted by molar-refractivity contribution is 9.10. The Hall–Kier alpha value is -2.21. The van der Waals surface area contributed by atoms with Crippen LogP contribution < -0.4 is 5.32 Å². The lowest BCUT2D eigenvalue weighted by Gasteiger charge is -2.10. The predicted octanol–water partition coefficient (Wildman–Crippen LogP) is 3.16. The van der Waals surface area contributed by atoms with Gasteiger partial charge in [0.25, 0.3) is 5.91 Å². The third-order valence-electron chi connectivity index (χ3n) is 3.00. The lowest BCUT2D eigenvalue weighted by molar-refractivity contribution is -0.139. The number of esters is 1. The zero-order valence-corrected chi connectivity index (χ0v) is 13.3. The molecule has 0 aliphatic heterocycles. The molecule has 6 heteroatoms. The van der Waals surface area contributed by atoms with Gasteiger partial charge in [0.15, 0.2) is 0 Å². The van der Waals surface area contributed by atoms with E-state index in [2.05, 4.69) is 26.0 Å². The summed E-state index contributed by atoms with van der Waals surface area (Å²) in [6, 6.07) is 11.2. The van der Waals surface area contributed by atoms with Crippen LogP contribution in [0, 0.1) is 5.82 Å². The molecule has 0 heterocycles. The zero-order chi connectivity index (χ0) is 16.1. The van der Waals surface area contributed by atoms with Gasteiger partial charge in [0.05, 0.1) is 12.7 Å². The molecule has 4 nitrogen and oxygen atoms in total. The van der Waals surface area contributed by atoms with Crippen LogP contribution in [-0.4, -0.2) is 25.5 Å². The Morgan fingerprint density at radius 3 is 2.50 bits per heavy atom. The fourth-order valence-electron chi connectivity index (χ4n) is 1.91. The van der Waals surface area contributed by atoms with Crippen molar-refractivity contribution in [1.82, 2.24) is 5.32 Å². The van der Waals surface area contributed by atoms with Crippen molar-refractivity contribution in [1.29, 1.82) is 0 Å².